The van der Waals surface area contributed by atoms with E-state index >= 15 is 0 Å². The van der Waals surface area contributed by atoms with Crippen LogP contribution in [0.1, 0.15) is 18.9 Å². The first-order valence-electron chi connectivity index (χ1n) is 7.05. The Kier molecular flexibility index (Phi) is 4.65. The summed E-state index contributed by atoms with van der Waals surface area (Å²) in [5, 5.41) is 14.3. The molecule has 1 aromatic rings. The van der Waals surface area contributed by atoms with E-state index in [0.717, 1.165) is 16.2 Å². The molecule has 1 aromatic carbocycles. The largest absolute Gasteiger partial charge is 0.465 e. The maximum atomic E-state index is 12.2. The number of rotatable bonds is 3. The van der Waals surface area contributed by atoms with E-state index in [4.69, 9.17) is 5.11 Å². The third-order valence-electron chi connectivity index (χ3n) is 3.87. The van der Waals surface area contributed by atoms with Gasteiger partial charge in [-0.3, -0.25) is 14.5 Å². The monoisotopic (exact) mass is 305 g/mol. The number of anilines is 1. The third-order valence-corrected chi connectivity index (χ3v) is 3.87. The quantitative estimate of drug-likeness (QED) is 0.777. The van der Waals surface area contributed by atoms with E-state index in [1.807, 2.05) is 24.3 Å². The number of carbonyl (C=O) groups is 3. The van der Waals surface area contributed by atoms with Crippen LogP contribution in [0.4, 0.5) is 10.5 Å². The topological polar surface area (TPSA) is 98.7 Å². The summed E-state index contributed by atoms with van der Waals surface area (Å²) in [6.07, 6.45) is -0.0680. The number of likely N-dealkylation sites (N-methyl/N-ethyl adjacent to an activating group) is 1. The average Bonchev–Trinajstić information content (AvgIpc) is 2.65. The van der Waals surface area contributed by atoms with Gasteiger partial charge >= 0.3 is 6.09 Å². The molecule has 7 nitrogen and oxygen atoms in total. The Bertz CT molecular complexity index is 602. The van der Waals surface area contributed by atoms with E-state index in [1.165, 1.54) is 14.0 Å². The Morgan fingerprint density at radius 3 is 2.77 bits per heavy atom. The second-order valence-corrected chi connectivity index (χ2v) is 5.32. The number of nitrogens with zero attached hydrogens (tertiary/aromatic N) is 1. The number of fused-ring (bicyclic) bond motifs is 1. The Morgan fingerprint density at radius 2 is 2.09 bits per heavy atom. The lowest BCUT2D eigenvalue weighted by atomic mass is 10.1. The van der Waals surface area contributed by atoms with Gasteiger partial charge in [0.1, 0.15) is 12.1 Å². The highest BCUT2D eigenvalue weighted by molar-refractivity contribution is 5.99. The van der Waals surface area contributed by atoms with Gasteiger partial charge in [-0.25, -0.2) is 4.79 Å². The van der Waals surface area contributed by atoms with Gasteiger partial charge in [0.05, 0.1) is 0 Å². The molecule has 0 radical (unpaired) electrons. The summed E-state index contributed by atoms with van der Waals surface area (Å²) < 4.78 is 0. The molecule has 0 fully saturated rings. The summed E-state index contributed by atoms with van der Waals surface area (Å²) in [6.45, 7) is 1.48. The van der Waals surface area contributed by atoms with Crippen LogP contribution in [0.15, 0.2) is 24.3 Å². The summed E-state index contributed by atoms with van der Waals surface area (Å²) in [6, 6.07) is 5.94. The van der Waals surface area contributed by atoms with Gasteiger partial charge in [0, 0.05) is 12.7 Å². The molecular weight excluding hydrogens is 286 g/mol. The van der Waals surface area contributed by atoms with Gasteiger partial charge in [-0.2, -0.15) is 0 Å². The summed E-state index contributed by atoms with van der Waals surface area (Å²) >= 11 is 0. The van der Waals surface area contributed by atoms with E-state index in [9.17, 15) is 14.4 Å². The van der Waals surface area contributed by atoms with Crippen molar-refractivity contribution in [1.29, 1.82) is 0 Å². The summed E-state index contributed by atoms with van der Waals surface area (Å²) in [5.74, 6) is -0.778. The van der Waals surface area contributed by atoms with Crippen molar-refractivity contribution < 1.29 is 19.5 Å². The summed E-state index contributed by atoms with van der Waals surface area (Å²) in [4.78, 5) is 36.0. The smallest absolute Gasteiger partial charge is 0.407 e. The van der Waals surface area contributed by atoms with E-state index in [2.05, 4.69) is 10.6 Å². The average molecular weight is 305 g/mol. The molecule has 1 aliphatic rings. The highest BCUT2D eigenvalue weighted by Gasteiger charge is 2.28. The van der Waals surface area contributed by atoms with Gasteiger partial charge in [0.25, 0.3) is 0 Å². The Labute approximate surface area is 128 Å². The first-order chi connectivity index (χ1) is 10.4. The minimum atomic E-state index is -1.19. The van der Waals surface area contributed by atoms with E-state index in [1.54, 1.807) is 0 Å². The van der Waals surface area contributed by atoms with Crippen molar-refractivity contribution in [1.82, 2.24) is 10.2 Å². The molecule has 0 aromatic heterocycles. The maximum absolute atomic E-state index is 12.2. The lowest BCUT2D eigenvalue weighted by Crippen LogP contribution is -2.51. The van der Waals surface area contributed by atoms with E-state index < -0.39 is 24.1 Å². The second kappa shape index (κ2) is 6.46. The third kappa shape index (κ3) is 3.36. The van der Waals surface area contributed by atoms with Crippen LogP contribution >= 0.6 is 0 Å². The maximum Gasteiger partial charge on any atom is 0.407 e. The molecule has 1 heterocycles. The number of hydrogen-bond acceptors (Lipinski definition) is 3. The van der Waals surface area contributed by atoms with Crippen molar-refractivity contribution in [2.24, 2.45) is 0 Å². The van der Waals surface area contributed by atoms with Gasteiger partial charge in [-0.05, 0) is 31.4 Å². The van der Waals surface area contributed by atoms with Gasteiger partial charge in [0.2, 0.25) is 11.8 Å². The van der Waals surface area contributed by atoms with Crippen molar-refractivity contribution in [2.45, 2.75) is 31.8 Å². The van der Waals surface area contributed by atoms with Gasteiger partial charge in [-0.1, -0.05) is 18.2 Å². The SMILES string of the molecule is C[C@@H](C(=O)NC1CCc2ccccc2NC1=O)N(C)C(=O)O. The zero-order valence-electron chi connectivity index (χ0n) is 12.5. The van der Waals surface area contributed by atoms with Gasteiger partial charge in [-0.15, -0.1) is 0 Å². The summed E-state index contributed by atoms with van der Waals surface area (Å²) in [5.41, 5.74) is 1.77. The molecule has 7 heteroatoms. The van der Waals surface area contributed by atoms with E-state index in [0.29, 0.717) is 12.8 Å². The molecule has 2 atom stereocenters. The number of carbonyl (C=O) groups excluding carboxylic acids is 2. The Morgan fingerprint density at radius 1 is 1.41 bits per heavy atom. The van der Waals surface area contributed by atoms with Crippen molar-refractivity contribution >= 4 is 23.6 Å². The fourth-order valence-electron chi connectivity index (χ4n) is 2.28. The minimum absolute atomic E-state index is 0.288. The van der Waals surface area contributed by atoms with Gasteiger partial charge < -0.3 is 15.7 Å². The van der Waals surface area contributed by atoms with Crippen LogP contribution < -0.4 is 10.6 Å². The Hall–Kier alpha value is -2.57. The molecule has 3 amide bonds. The van der Waals surface area contributed by atoms with E-state index in [-0.39, 0.29) is 5.91 Å². The number of carboxylic acid groups (broad SMARTS) is 1. The molecule has 1 unspecified atom stereocenters. The number of benzene rings is 1. The molecule has 22 heavy (non-hydrogen) atoms. The minimum Gasteiger partial charge on any atom is -0.465 e. The standard InChI is InChI=1S/C15H19N3O4/c1-9(18(2)15(21)22)13(19)17-12-8-7-10-5-3-4-6-11(10)16-14(12)20/h3-6,9,12H,7-8H2,1-2H3,(H,16,20)(H,17,19)(H,21,22)/t9-,12?/m0/s1. The van der Waals surface area contributed by atoms with Crippen molar-refractivity contribution in [3.63, 3.8) is 0 Å². The van der Waals surface area contributed by atoms with Crippen LogP contribution in [0, 0.1) is 0 Å². The highest BCUT2D eigenvalue weighted by atomic mass is 16.4. The van der Waals surface area contributed by atoms with Crippen molar-refractivity contribution in [2.75, 3.05) is 12.4 Å². The van der Waals surface area contributed by atoms with Gasteiger partial charge in [0.15, 0.2) is 0 Å². The van der Waals surface area contributed by atoms with Crippen molar-refractivity contribution in [3.05, 3.63) is 29.8 Å². The zero-order chi connectivity index (χ0) is 16.3. The fourth-order valence-corrected chi connectivity index (χ4v) is 2.28. The Balaban J connectivity index is 2.04. The predicted molar refractivity (Wildman–Crippen MR) is 80.6 cm³/mol. The number of hydrogen-bond donors (Lipinski definition) is 3. The number of aryl methyl sites for hydroxylation is 1. The predicted octanol–water partition coefficient (Wildman–Crippen LogP) is 1.05. The lowest BCUT2D eigenvalue weighted by molar-refractivity contribution is -0.129. The van der Waals surface area contributed by atoms with Crippen LogP contribution in [0.3, 0.4) is 0 Å². The first kappa shape index (κ1) is 15.8. The molecule has 0 aliphatic carbocycles. The van der Waals surface area contributed by atoms with Crippen LogP contribution in [-0.4, -0.2) is 47.0 Å². The number of para-hydroxylation sites is 1. The van der Waals surface area contributed by atoms with Crippen LogP contribution in [0.2, 0.25) is 0 Å². The normalized spacial score (nSPS) is 18.5. The summed E-state index contributed by atoms with van der Waals surface area (Å²) in [7, 11) is 1.32. The van der Waals surface area contributed by atoms with Crippen LogP contribution in [0.5, 0.6) is 0 Å². The molecular formula is C15H19N3O4. The molecule has 0 spiro atoms. The molecule has 0 bridgehead atoms. The molecule has 0 saturated heterocycles. The number of amides is 3. The number of nitrogens with one attached hydrogen (secondary N) is 2. The molecule has 0 saturated carbocycles. The van der Waals surface area contributed by atoms with Crippen LogP contribution in [0.25, 0.3) is 0 Å². The molecule has 2 rings (SSSR count). The molecule has 3 N–H and O–H groups in total. The first-order valence-corrected chi connectivity index (χ1v) is 7.05. The zero-order valence-corrected chi connectivity index (χ0v) is 12.5. The fraction of sp³-hybridized carbons (Fsp3) is 0.400. The van der Waals surface area contributed by atoms with Crippen molar-refractivity contribution in [3.8, 4) is 0 Å². The van der Waals surface area contributed by atoms with Crippen LogP contribution in [-0.2, 0) is 16.0 Å². The molecule has 1 aliphatic heterocycles. The molecule has 118 valence electrons. The highest BCUT2D eigenvalue weighted by Crippen LogP contribution is 2.21. The second-order valence-electron chi connectivity index (χ2n) is 5.32. The lowest BCUT2D eigenvalue weighted by Gasteiger charge is -2.23.